The van der Waals surface area contributed by atoms with Crippen LogP contribution in [0.25, 0.3) is 0 Å². The molecule has 1 aromatic heterocycles. The molecule has 0 aliphatic rings. The summed E-state index contributed by atoms with van der Waals surface area (Å²) in [5, 5.41) is 7.57. The number of ether oxygens (including phenoxy) is 1. The normalized spacial score (nSPS) is 11.1. The van der Waals surface area contributed by atoms with Crippen molar-refractivity contribution >= 4 is 23.4 Å². The number of rotatable bonds is 2. The molecule has 0 spiro atoms. The number of nitrogens with zero attached hydrogens (tertiary/aromatic N) is 3. The van der Waals surface area contributed by atoms with E-state index in [-0.39, 0.29) is 5.15 Å². The van der Waals surface area contributed by atoms with Crippen LogP contribution in [-0.2, 0) is 4.74 Å². The summed E-state index contributed by atoms with van der Waals surface area (Å²) in [5.41, 5.74) is 0.0381. The number of halogens is 1. The third-order valence-corrected chi connectivity index (χ3v) is 2.04. The van der Waals surface area contributed by atoms with E-state index in [0.29, 0.717) is 12.2 Å². The largest absolute Gasteiger partial charge is 0.443 e. The van der Waals surface area contributed by atoms with Crippen LogP contribution in [0.2, 0.25) is 5.15 Å². The van der Waals surface area contributed by atoms with Gasteiger partial charge in [0.1, 0.15) is 5.60 Å². The number of aromatic nitrogens is 2. The zero-order chi connectivity index (χ0) is 13.1. The highest BCUT2D eigenvalue weighted by Crippen LogP contribution is 2.19. The predicted octanol–water partition coefficient (Wildman–Crippen LogP) is 2.89. The summed E-state index contributed by atoms with van der Waals surface area (Å²) in [5.74, 6) is 0. The van der Waals surface area contributed by atoms with E-state index in [1.54, 1.807) is 6.07 Å². The summed E-state index contributed by atoms with van der Waals surface area (Å²) in [6.07, 6.45) is 1.04. The van der Waals surface area contributed by atoms with Crippen LogP contribution in [-0.4, -0.2) is 28.4 Å². The van der Waals surface area contributed by atoms with Gasteiger partial charge in [-0.3, -0.25) is 4.90 Å². The molecule has 6 heteroatoms. The van der Waals surface area contributed by atoms with Gasteiger partial charge in [-0.2, -0.15) is 5.10 Å². The monoisotopic (exact) mass is 257 g/mol. The van der Waals surface area contributed by atoms with Crippen molar-refractivity contribution in [3.05, 3.63) is 17.4 Å². The zero-order valence-electron chi connectivity index (χ0n) is 10.4. The minimum Gasteiger partial charge on any atom is -0.443 e. The van der Waals surface area contributed by atoms with E-state index < -0.39 is 11.7 Å². The molecule has 94 valence electrons. The van der Waals surface area contributed by atoms with Crippen molar-refractivity contribution in [3.63, 3.8) is 0 Å². The summed E-state index contributed by atoms with van der Waals surface area (Å²) in [4.78, 5) is 13.4. The van der Waals surface area contributed by atoms with Crippen LogP contribution in [0.1, 0.15) is 27.7 Å². The van der Waals surface area contributed by atoms with Gasteiger partial charge in [0.2, 0.25) is 0 Å². The van der Waals surface area contributed by atoms with Gasteiger partial charge in [0.05, 0.1) is 11.9 Å². The first-order chi connectivity index (χ1) is 7.83. The van der Waals surface area contributed by atoms with Crippen molar-refractivity contribution < 1.29 is 9.53 Å². The van der Waals surface area contributed by atoms with Crippen LogP contribution in [0.4, 0.5) is 10.5 Å². The number of carbonyl (C=O) groups is 1. The molecule has 1 aromatic rings. The van der Waals surface area contributed by atoms with E-state index in [0.717, 1.165) is 0 Å². The molecule has 0 atom stereocenters. The summed E-state index contributed by atoms with van der Waals surface area (Å²) in [6.45, 7) is 7.76. The second-order valence-electron chi connectivity index (χ2n) is 4.46. The molecule has 17 heavy (non-hydrogen) atoms. The van der Waals surface area contributed by atoms with E-state index in [1.165, 1.54) is 11.1 Å². The third-order valence-electron chi connectivity index (χ3n) is 1.85. The molecule has 0 aliphatic heterocycles. The van der Waals surface area contributed by atoms with Crippen LogP contribution in [0.3, 0.4) is 0 Å². The lowest BCUT2D eigenvalue weighted by atomic mass is 10.2. The molecular formula is C11H16ClN3O2. The molecule has 1 heterocycles. The lowest BCUT2D eigenvalue weighted by Gasteiger charge is -2.26. The number of hydrogen-bond donors (Lipinski definition) is 0. The third kappa shape index (κ3) is 4.19. The molecule has 0 bridgehead atoms. The average Bonchev–Trinajstić information content (AvgIpc) is 2.15. The quantitative estimate of drug-likeness (QED) is 0.817. The fraction of sp³-hybridized carbons (Fsp3) is 0.545. The van der Waals surface area contributed by atoms with E-state index in [1.807, 2.05) is 27.7 Å². The maximum absolute atomic E-state index is 11.9. The average molecular weight is 258 g/mol. The Balaban J connectivity index is 2.88. The second-order valence-corrected chi connectivity index (χ2v) is 4.85. The Morgan fingerprint density at radius 1 is 1.53 bits per heavy atom. The maximum Gasteiger partial charge on any atom is 0.414 e. The molecule has 0 N–H and O–H groups in total. The van der Waals surface area contributed by atoms with Crippen LogP contribution in [0.5, 0.6) is 0 Å². The molecule has 0 fully saturated rings. The van der Waals surface area contributed by atoms with Crippen molar-refractivity contribution in [1.82, 2.24) is 10.2 Å². The molecule has 0 aliphatic carbocycles. The fourth-order valence-corrected chi connectivity index (χ4v) is 1.37. The minimum absolute atomic E-state index is 0.240. The molecule has 0 saturated carbocycles. The topological polar surface area (TPSA) is 55.3 Å². The number of hydrogen-bond acceptors (Lipinski definition) is 4. The van der Waals surface area contributed by atoms with Crippen LogP contribution in [0, 0.1) is 0 Å². The van der Waals surface area contributed by atoms with Gasteiger partial charge in [0.25, 0.3) is 0 Å². The van der Waals surface area contributed by atoms with E-state index in [4.69, 9.17) is 16.3 Å². The molecule has 0 radical (unpaired) electrons. The highest BCUT2D eigenvalue weighted by molar-refractivity contribution is 6.29. The van der Waals surface area contributed by atoms with E-state index in [9.17, 15) is 4.79 Å². The Morgan fingerprint density at radius 2 is 2.18 bits per heavy atom. The Hall–Kier alpha value is -1.36. The minimum atomic E-state index is -0.533. The van der Waals surface area contributed by atoms with Gasteiger partial charge < -0.3 is 4.74 Å². The smallest absolute Gasteiger partial charge is 0.414 e. The summed E-state index contributed by atoms with van der Waals surface area (Å²) < 4.78 is 5.28. The standard InChI is InChI=1S/C11H16ClN3O2/c1-5-15(10(16)17-11(2,3)4)8-6-9(12)14-13-7-8/h6-7H,5H2,1-4H3. The first-order valence-corrected chi connectivity index (χ1v) is 5.70. The molecule has 0 aromatic carbocycles. The van der Waals surface area contributed by atoms with Gasteiger partial charge in [-0.1, -0.05) is 11.6 Å². The lowest BCUT2D eigenvalue weighted by molar-refractivity contribution is 0.0582. The van der Waals surface area contributed by atoms with Gasteiger partial charge >= 0.3 is 6.09 Å². The molecule has 1 amide bonds. The van der Waals surface area contributed by atoms with Gasteiger partial charge in [-0.05, 0) is 27.7 Å². The Kier molecular flexibility index (Phi) is 4.28. The molecule has 0 unspecified atom stereocenters. The van der Waals surface area contributed by atoms with Crippen LogP contribution >= 0.6 is 11.6 Å². The number of anilines is 1. The van der Waals surface area contributed by atoms with Crippen molar-refractivity contribution in [1.29, 1.82) is 0 Å². The summed E-state index contributed by atoms with van der Waals surface area (Å²) in [7, 11) is 0. The number of amides is 1. The highest BCUT2D eigenvalue weighted by Gasteiger charge is 2.22. The van der Waals surface area contributed by atoms with Crippen LogP contribution < -0.4 is 4.90 Å². The Morgan fingerprint density at radius 3 is 2.65 bits per heavy atom. The first-order valence-electron chi connectivity index (χ1n) is 5.32. The van der Waals surface area contributed by atoms with Gasteiger partial charge in [-0.15, -0.1) is 5.10 Å². The predicted molar refractivity (Wildman–Crippen MR) is 66.3 cm³/mol. The molecular weight excluding hydrogens is 242 g/mol. The van der Waals surface area contributed by atoms with E-state index >= 15 is 0 Å². The maximum atomic E-state index is 11.9. The van der Waals surface area contributed by atoms with E-state index in [2.05, 4.69) is 10.2 Å². The van der Waals surface area contributed by atoms with Crippen molar-refractivity contribution in [3.8, 4) is 0 Å². The van der Waals surface area contributed by atoms with Crippen molar-refractivity contribution in [2.75, 3.05) is 11.4 Å². The Bertz CT molecular complexity index is 404. The SMILES string of the molecule is CCN(C(=O)OC(C)(C)C)c1cnnc(Cl)c1. The second kappa shape index (κ2) is 5.31. The molecule has 5 nitrogen and oxygen atoms in total. The lowest BCUT2D eigenvalue weighted by Crippen LogP contribution is -2.36. The van der Waals surface area contributed by atoms with Gasteiger partial charge in [-0.25, -0.2) is 4.79 Å². The molecule has 0 saturated heterocycles. The Labute approximate surface area is 106 Å². The summed E-state index contributed by atoms with van der Waals surface area (Å²) >= 11 is 5.73. The van der Waals surface area contributed by atoms with Gasteiger partial charge in [0, 0.05) is 12.6 Å². The molecule has 1 rings (SSSR count). The highest BCUT2D eigenvalue weighted by atomic mass is 35.5. The fourth-order valence-electron chi connectivity index (χ4n) is 1.21. The number of carbonyl (C=O) groups excluding carboxylic acids is 1. The van der Waals surface area contributed by atoms with Crippen molar-refractivity contribution in [2.24, 2.45) is 0 Å². The van der Waals surface area contributed by atoms with Crippen LogP contribution in [0.15, 0.2) is 12.3 Å². The zero-order valence-corrected chi connectivity index (χ0v) is 11.2. The summed E-state index contributed by atoms with van der Waals surface area (Å²) in [6, 6.07) is 1.57. The van der Waals surface area contributed by atoms with Crippen molar-refractivity contribution in [2.45, 2.75) is 33.3 Å². The van der Waals surface area contributed by atoms with Gasteiger partial charge in [0.15, 0.2) is 5.15 Å². The first kappa shape index (κ1) is 13.7.